The number of nitrogens with one attached hydrogen (secondary N) is 3. The minimum absolute atomic E-state index is 0.195. The summed E-state index contributed by atoms with van der Waals surface area (Å²) in [6.07, 6.45) is 8.66. The summed E-state index contributed by atoms with van der Waals surface area (Å²) in [7, 11) is 0. The van der Waals surface area contributed by atoms with E-state index >= 15 is 0 Å². The highest BCUT2D eigenvalue weighted by atomic mass is 35.5. The lowest BCUT2D eigenvalue weighted by Gasteiger charge is -2.22. The molecule has 2 aromatic carbocycles. The number of hydrogen-bond acceptors (Lipinski definition) is 5. The van der Waals surface area contributed by atoms with E-state index in [9.17, 15) is 4.79 Å². The highest BCUT2D eigenvalue weighted by Crippen LogP contribution is 2.37. The van der Waals surface area contributed by atoms with Gasteiger partial charge < -0.3 is 20.5 Å². The van der Waals surface area contributed by atoms with E-state index in [2.05, 4.69) is 50.6 Å². The molecule has 5 rings (SSSR count). The second-order valence-electron chi connectivity index (χ2n) is 9.16. The maximum atomic E-state index is 12.4. The molecule has 4 aromatic rings. The van der Waals surface area contributed by atoms with E-state index < -0.39 is 0 Å². The number of carbonyl (C=O) groups excluding carboxylic acids is 1. The van der Waals surface area contributed by atoms with Gasteiger partial charge in [0.05, 0.1) is 23.4 Å². The van der Waals surface area contributed by atoms with Crippen LogP contribution in [0.4, 0.5) is 10.5 Å². The zero-order valence-electron chi connectivity index (χ0n) is 21.5. The lowest BCUT2D eigenvalue weighted by molar-refractivity contribution is 0.252. The topological polar surface area (TPSA) is 108 Å². The number of nitrogens with zero attached hydrogens (tertiary/aromatic N) is 4. The average Bonchev–Trinajstić information content (AvgIpc) is 3.36. The Morgan fingerprint density at radius 3 is 2.74 bits per heavy atom. The molecule has 0 bridgehead atoms. The standard InChI is InChI=1S/C30H28ClN7O/c1-2-27-33-14-15-38(27)19-22-16-21-4-3-11-34-28(21)29(25-10-7-23(31)17-26(22)25)35-12-13-36-30(39)37-24-8-5-20(18-32)6-9-24/h3-11,14-17,29,35H,2,12-13,19H2,1H3,(H2,36,37,39). The van der Waals surface area contributed by atoms with Gasteiger partial charge in [-0.3, -0.25) is 4.98 Å². The molecular formula is C30H28ClN7O. The molecule has 0 fully saturated rings. The summed E-state index contributed by atoms with van der Waals surface area (Å²) >= 11 is 6.49. The van der Waals surface area contributed by atoms with E-state index in [4.69, 9.17) is 21.8 Å². The molecule has 0 radical (unpaired) electrons. The number of carbonyl (C=O) groups is 1. The molecule has 2 amide bonds. The normalized spacial score (nSPS) is 13.9. The first kappa shape index (κ1) is 26.2. The van der Waals surface area contributed by atoms with Crippen LogP contribution in [0.1, 0.15) is 46.7 Å². The molecule has 1 atom stereocenters. The summed E-state index contributed by atoms with van der Waals surface area (Å²) < 4.78 is 2.16. The summed E-state index contributed by atoms with van der Waals surface area (Å²) in [5.74, 6) is 1.02. The molecule has 0 aliphatic heterocycles. The van der Waals surface area contributed by atoms with Gasteiger partial charge in [-0.25, -0.2) is 9.78 Å². The van der Waals surface area contributed by atoms with Gasteiger partial charge in [0.1, 0.15) is 5.82 Å². The number of hydrogen-bond donors (Lipinski definition) is 3. The Balaban J connectivity index is 1.34. The molecule has 9 heteroatoms. The number of rotatable bonds is 8. The number of halogens is 1. The summed E-state index contributed by atoms with van der Waals surface area (Å²) in [5, 5.41) is 18.9. The maximum absolute atomic E-state index is 12.4. The smallest absolute Gasteiger partial charge is 0.319 e. The van der Waals surface area contributed by atoms with E-state index in [0.717, 1.165) is 40.2 Å². The summed E-state index contributed by atoms with van der Waals surface area (Å²) in [6.45, 7) is 3.68. The molecule has 0 spiro atoms. The third kappa shape index (κ3) is 6.01. The molecule has 2 heterocycles. The first-order valence-electron chi connectivity index (χ1n) is 12.8. The van der Waals surface area contributed by atoms with E-state index in [1.54, 1.807) is 30.5 Å². The van der Waals surface area contributed by atoms with Crippen molar-refractivity contribution in [2.24, 2.45) is 0 Å². The van der Waals surface area contributed by atoms with Crippen LogP contribution in [0, 0.1) is 11.3 Å². The molecule has 1 aliphatic carbocycles. The number of imidazole rings is 1. The number of aryl methyl sites for hydroxylation is 1. The molecule has 3 N–H and O–H groups in total. The van der Waals surface area contributed by atoms with Gasteiger partial charge in [-0.1, -0.05) is 30.7 Å². The van der Waals surface area contributed by atoms with Crippen LogP contribution in [0.25, 0.3) is 11.6 Å². The van der Waals surface area contributed by atoms with Gasteiger partial charge in [0.2, 0.25) is 0 Å². The number of aromatic nitrogens is 3. The van der Waals surface area contributed by atoms with Crippen molar-refractivity contribution in [2.75, 3.05) is 18.4 Å². The fraction of sp³-hybridized carbons (Fsp3) is 0.200. The van der Waals surface area contributed by atoms with Crippen molar-refractivity contribution in [3.63, 3.8) is 0 Å². The van der Waals surface area contributed by atoms with E-state index in [-0.39, 0.29) is 12.1 Å². The van der Waals surface area contributed by atoms with Crippen LogP contribution < -0.4 is 16.0 Å². The average molecular weight is 538 g/mol. The van der Waals surface area contributed by atoms with Gasteiger partial charge in [-0.15, -0.1) is 0 Å². The molecule has 1 unspecified atom stereocenters. The first-order valence-corrected chi connectivity index (χ1v) is 13.2. The number of pyridine rings is 1. The van der Waals surface area contributed by atoms with E-state index in [1.807, 2.05) is 36.7 Å². The number of amides is 2. The fourth-order valence-electron chi connectivity index (χ4n) is 4.78. The Hall–Kier alpha value is -4.45. The summed E-state index contributed by atoms with van der Waals surface area (Å²) in [5.41, 5.74) is 6.36. The van der Waals surface area contributed by atoms with Crippen molar-refractivity contribution in [1.29, 1.82) is 5.26 Å². The molecular weight excluding hydrogens is 510 g/mol. The summed E-state index contributed by atoms with van der Waals surface area (Å²) in [6, 6.07) is 18.2. The van der Waals surface area contributed by atoms with E-state index in [1.165, 1.54) is 0 Å². The zero-order valence-corrected chi connectivity index (χ0v) is 22.2. The predicted octanol–water partition coefficient (Wildman–Crippen LogP) is 5.42. The molecule has 39 heavy (non-hydrogen) atoms. The van der Waals surface area contributed by atoms with Crippen molar-refractivity contribution in [3.05, 3.63) is 112 Å². The largest absolute Gasteiger partial charge is 0.337 e. The highest BCUT2D eigenvalue weighted by Gasteiger charge is 2.26. The Morgan fingerprint density at radius 1 is 1.10 bits per heavy atom. The second kappa shape index (κ2) is 11.9. The Bertz CT molecular complexity index is 1550. The molecule has 0 saturated carbocycles. The summed E-state index contributed by atoms with van der Waals surface area (Å²) in [4.78, 5) is 21.6. The van der Waals surface area contributed by atoms with Gasteiger partial charge in [0.15, 0.2) is 0 Å². The monoisotopic (exact) mass is 537 g/mol. The van der Waals surface area contributed by atoms with Crippen LogP contribution in [0.3, 0.4) is 0 Å². The second-order valence-corrected chi connectivity index (χ2v) is 9.60. The lowest BCUT2D eigenvalue weighted by Crippen LogP contribution is -2.36. The zero-order chi connectivity index (χ0) is 27.2. The SMILES string of the molecule is CCc1nccn1CC1=Cc2cccnc2C(NCCNC(=O)Nc2ccc(C#N)cc2)c2ccc(Cl)cc21. The van der Waals surface area contributed by atoms with Crippen LogP contribution in [0.2, 0.25) is 5.02 Å². The van der Waals surface area contributed by atoms with Crippen molar-refractivity contribution < 1.29 is 4.79 Å². The number of nitriles is 1. The van der Waals surface area contributed by atoms with Crippen molar-refractivity contribution >= 4 is 35.0 Å². The van der Waals surface area contributed by atoms with Gasteiger partial charge in [-0.2, -0.15) is 5.26 Å². The number of anilines is 1. The van der Waals surface area contributed by atoms with Crippen LogP contribution in [0.15, 0.2) is 73.2 Å². The highest BCUT2D eigenvalue weighted by molar-refractivity contribution is 6.30. The van der Waals surface area contributed by atoms with Crippen LogP contribution in [-0.4, -0.2) is 33.7 Å². The van der Waals surface area contributed by atoms with E-state index in [0.29, 0.717) is 35.9 Å². The maximum Gasteiger partial charge on any atom is 0.319 e. The third-order valence-electron chi connectivity index (χ3n) is 6.64. The number of urea groups is 1. The molecule has 1 aliphatic rings. The van der Waals surface area contributed by atoms with Crippen molar-refractivity contribution in [2.45, 2.75) is 25.9 Å². The quantitative estimate of drug-likeness (QED) is 0.260. The molecule has 0 saturated heterocycles. The van der Waals surface area contributed by atoms with Crippen molar-refractivity contribution in [3.8, 4) is 6.07 Å². The molecule has 8 nitrogen and oxygen atoms in total. The number of benzene rings is 2. The number of fused-ring (bicyclic) bond motifs is 2. The molecule has 196 valence electrons. The Kier molecular flexibility index (Phi) is 8.02. The first-order chi connectivity index (χ1) is 19.1. The predicted molar refractivity (Wildman–Crippen MR) is 153 cm³/mol. The van der Waals surface area contributed by atoms with Crippen LogP contribution >= 0.6 is 11.6 Å². The Labute approximate surface area is 232 Å². The van der Waals surface area contributed by atoms with Crippen molar-refractivity contribution in [1.82, 2.24) is 25.2 Å². The minimum atomic E-state index is -0.316. The minimum Gasteiger partial charge on any atom is -0.337 e. The fourth-order valence-corrected chi connectivity index (χ4v) is 4.95. The third-order valence-corrected chi connectivity index (χ3v) is 6.87. The van der Waals surface area contributed by atoms with Gasteiger partial charge in [0.25, 0.3) is 0 Å². The van der Waals surface area contributed by atoms with Gasteiger partial charge in [0, 0.05) is 55.4 Å². The molecule has 2 aromatic heterocycles. The van der Waals surface area contributed by atoms with Gasteiger partial charge >= 0.3 is 6.03 Å². The number of allylic oxidation sites excluding steroid dienone is 1. The van der Waals surface area contributed by atoms with Crippen LogP contribution in [-0.2, 0) is 13.0 Å². The Morgan fingerprint density at radius 2 is 1.95 bits per heavy atom. The lowest BCUT2D eigenvalue weighted by atomic mass is 9.95. The van der Waals surface area contributed by atoms with Gasteiger partial charge in [-0.05, 0) is 70.8 Å². The van der Waals surface area contributed by atoms with Crippen LogP contribution in [0.5, 0.6) is 0 Å².